The Balaban J connectivity index is 1.62. The summed E-state index contributed by atoms with van der Waals surface area (Å²) in [5.41, 5.74) is 0.331. The van der Waals surface area contributed by atoms with Gasteiger partial charge in [-0.3, -0.25) is 9.48 Å². The van der Waals surface area contributed by atoms with Gasteiger partial charge in [-0.15, -0.1) is 0 Å². The standard InChI is InChI=1S/C18H23N3O2/c1-14(15-7-3-2-4-8-15)21-12-9-16(20-21)19-17(22)13-18(23)10-5-6-11-18/h2-4,7-9,12,14,23H,5-6,10-11,13H2,1H3,(H,19,20,22). The molecule has 0 bridgehead atoms. The first kappa shape index (κ1) is 15.7. The van der Waals surface area contributed by atoms with Crippen molar-refractivity contribution in [2.45, 2.75) is 50.7 Å². The van der Waals surface area contributed by atoms with Crippen LogP contribution < -0.4 is 5.32 Å². The number of amides is 1. The molecule has 0 aliphatic heterocycles. The molecule has 23 heavy (non-hydrogen) atoms. The summed E-state index contributed by atoms with van der Waals surface area (Å²) in [4.78, 5) is 12.1. The average Bonchev–Trinajstić information content (AvgIpc) is 3.16. The largest absolute Gasteiger partial charge is 0.389 e. The normalized spacial score (nSPS) is 17.8. The van der Waals surface area contributed by atoms with E-state index in [0.29, 0.717) is 18.7 Å². The predicted octanol–water partition coefficient (Wildman–Crippen LogP) is 3.13. The van der Waals surface area contributed by atoms with Crippen LogP contribution in [0.25, 0.3) is 0 Å². The smallest absolute Gasteiger partial charge is 0.228 e. The molecular formula is C18H23N3O2. The molecular weight excluding hydrogens is 290 g/mol. The van der Waals surface area contributed by atoms with Gasteiger partial charge in [0.15, 0.2) is 5.82 Å². The second kappa shape index (κ2) is 6.54. The number of hydrogen-bond donors (Lipinski definition) is 2. The van der Waals surface area contributed by atoms with Crippen molar-refractivity contribution in [2.75, 3.05) is 5.32 Å². The number of aliphatic hydroxyl groups is 1. The van der Waals surface area contributed by atoms with Gasteiger partial charge in [0.2, 0.25) is 5.91 Å². The number of nitrogens with zero attached hydrogens (tertiary/aromatic N) is 2. The van der Waals surface area contributed by atoms with Gasteiger partial charge in [0, 0.05) is 12.3 Å². The molecule has 1 atom stereocenters. The second-order valence-corrected chi connectivity index (χ2v) is 6.42. The third kappa shape index (κ3) is 3.79. The Labute approximate surface area is 136 Å². The van der Waals surface area contributed by atoms with Gasteiger partial charge in [0.05, 0.1) is 18.1 Å². The molecule has 2 N–H and O–H groups in total. The molecule has 0 spiro atoms. The maximum atomic E-state index is 12.1. The fourth-order valence-corrected chi connectivity index (χ4v) is 3.20. The zero-order valence-corrected chi connectivity index (χ0v) is 13.4. The molecule has 5 nitrogen and oxygen atoms in total. The van der Waals surface area contributed by atoms with Crippen LogP contribution in [0.4, 0.5) is 5.82 Å². The topological polar surface area (TPSA) is 67.2 Å². The third-order valence-corrected chi connectivity index (χ3v) is 4.58. The van der Waals surface area contributed by atoms with Crippen LogP contribution in [0.1, 0.15) is 50.6 Å². The number of carbonyl (C=O) groups excluding carboxylic acids is 1. The number of anilines is 1. The first-order chi connectivity index (χ1) is 11.1. The monoisotopic (exact) mass is 313 g/mol. The molecule has 0 saturated heterocycles. The first-order valence-corrected chi connectivity index (χ1v) is 8.18. The fourth-order valence-electron chi connectivity index (χ4n) is 3.20. The van der Waals surface area contributed by atoms with Crippen molar-refractivity contribution >= 4 is 11.7 Å². The van der Waals surface area contributed by atoms with E-state index in [0.717, 1.165) is 18.4 Å². The van der Waals surface area contributed by atoms with Crippen LogP contribution in [0.3, 0.4) is 0 Å². The zero-order valence-electron chi connectivity index (χ0n) is 13.4. The molecule has 5 heteroatoms. The van der Waals surface area contributed by atoms with E-state index < -0.39 is 5.60 Å². The highest BCUT2D eigenvalue weighted by atomic mass is 16.3. The quantitative estimate of drug-likeness (QED) is 0.891. The number of nitrogens with one attached hydrogen (secondary N) is 1. The lowest BCUT2D eigenvalue weighted by molar-refractivity contribution is -0.120. The fraction of sp³-hybridized carbons (Fsp3) is 0.444. The zero-order chi connectivity index (χ0) is 16.3. The number of aromatic nitrogens is 2. The van der Waals surface area contributed by atoms with Gasteiger partial charge in [-0.1, -0.05) is 43.2 Å². The van der Waals surface area contributed by atoms with E-state index in [4.69, 9.17) is 0 Å². The lowest BCUT2D eigenvalue weighted by Crippen LogP contribution is -2.30. The maximum absolute atomic E-state index is 12.1. The Kier molecular flexibility index (Phi) is 4.48. The van der Waals surface area contributed by atoms with E-state index in [9.17, 15) is 9.90 Å². The number of rotatable bonds is 5. The van der Waals surface area contributed by atoms with Crippen LogP contribution in [0.5, 0.6) is 0 Å². The van der Waals surface area contributed by atoms with Crippen molar-refractivity contribution in [3.8, 4) is 0 Å². The van der Waals surface area contributed by atoms with E-state index in [1.165, 1.54) is 0 Å². The number of carbonyl (C=O) groups is 1. The molecule has 1 amide bonds. The van der Waals surface area contributed by atoms with Crippen LogP contribution >= 0.6 is 0 Å². The van der Waals surface area contributed by atoms with Crippen molar-refractivity contribution in [1.29, 1.82) is 0 Å². The summed E-state index contributed by atoms with van der Waals surface area (Å²) in [6.45, 7) is 2.06. The Morgan fingerprint density at radius 1 is 1.30 bits per heavy atom. The molecule has 1 aliphatic carbocycles. The van der Waals surface area contributed by atoms with Gasteiger partial charge >= 0.3 is 0 Å². The number of hydrogen-bond acceptors (Lipinski definition) is 3. The van der Waals surface area contributed by atoms with Gasteiger partial charge in [0.25, 0.3) is 0 Å². The minimum Gasteiger partial charge on any atom is -0.389 e. The summed E-state index contributed by atoms with van der Waals surface area (Å²) in [6.07, 6.45) is 5.41. The summed E-state index contributed by atoms with van der Waals surface area (Å²) in [5.74, 6) is 0.353. The molecule has 1 unspecified atom stereocenters. The van der Waals surface area contributed by atoms with E-state index >= 15 is 0 Å². The maximum Gasteiger partial charge on any atom is 0.228 e. The van der Waals surface area contributed by atoms with E-state index in [2.05, 4.69) is 29.5 Å². The van der Waals surface area contributed by atoms with Gasteiger partial charge in [0.1, 0.15) is 0 Å². The Morgan fingerprint density at radius 3 is 2.70 bits per heavy atom. The second-order valence-electron chi connectivity index (χ2n) is 6.42. The van der Waals surface area contributed by atoms with E-state index in [-0.39, 0.29) is 18.4 Å². The van der Waals surface area contributed by atoms with Crippen molar-refractivity contribution in [1.82, 2.24) is 9.78 Å². The average molecular weight is 313 g/mol. The van der Waals surface area contributed by atoms with E-state index in [1.54, 1.807) is 6.07 Å². The Bertz CT molecular complexity index is 660. The minimum absolute atomic E-state index is 0.0980. The lowest BCUT2D eigenvalue weighted by atomic mass is 9.98. The molecule has 1 heterocycles. The minimum atomic E-state index is -0.829. The molecule has 122 valence electrons. The van der Waals surface area contributed by atoms with Crippen LogP contribution in [0.15, 0.2) is 42.6 Å². The van der Waals surface area contributed by atoms with Gasteiger partial charge < -0.3 is 10.4 Å². The highest BCUT2D eigenvalue weighted by Gasteiger charge is 2.33. The summed E-state index contributed by atoms with van der Waals surface area (Å²) < 4.78 is 1.83. The Hall–Kier alpha value is -2.14. The Morgan fingerprint density at radius 2 is 2.00 bits per heavy atom. The summed E-state index contributed by atoms with van der Waals surface area (Å²) in [5, 5.41) is 17.5. The van der Waals surface area contributed by atoms with Crippen LogP contribution in [-0.4, -0.2) is 26.4 Å². The van der Waals surface area contributed by atoms with Crippen molar-refractivity contribution in [3.63, 3.8) is 0 Å². The van der Waals surface area contributed by atoms with Crippen LogP contribution in [-0.2, 0) is 4.79 Å². The van der Waals surface area contributed by atoms with Gasteiger partial charge in [-0.05, 0) is 25.3 Å². The third-order valence-electron chi connectivity index (χ3n) is 4.58. The lowest BCUT2D eigenvalue weighted by Gasteiger charge is -2.20. The van der Waals surface area contributed by atoms with Gasteiger partial charge in [-0.2, -0.15) is 5.10 Å². The molecule has 1 aromatic heterocycles. The molecule has 0 radical (unpaired) electrons. The molecule has 1 fully saturated rings. The first-order valence-electron chi connectivity index (χ1n) is 8.18. The summed E-state index contributed by atoms with van der Waals surface area (Å²) >= 11 is 0. The summed E-state index contributed by atoms with van der Waals surface area (Å²) in [7, 11) is 0. The van der Waals surface area contributed by atoms with Gasteiger partial charge in [-0.25, -0.2) is 0 Å². The summed E-state index contributed by atoms with van der Waals surface area (Å²) in [6, 6.07) is 12.0. The van der Waals surface area contributed by atoms with E-state index in [1.807, 2.05) is 29.1 Å². The van der Waals surface area contributed by atoms with Crippen LogP contribution in [0, 0.1) is 0 Å². The predicted molar refractivity (Wildman–Crippen MR) is 89.1 cm³/mol. The molecule has 1 saturated carbocycles. The van der Waals surface area contributed by atoms with Crippen molar-refractivity contribution in [2.24, 2.45) is 0 Å². The number of benzene rings is 1. The van der Waals surface area contributed by atoms with Crippen molar-refractivity contribution in [3.05, 3.63) is 48.2 Å². The van der Waals surface area contributed by atoms with Crippen molar-refractivity contribution < 1.29 is 9.90 Å². The molecule has 3 rings (SSSR count). The highest BCUT2D eigenvalue weighted by molar-refractivity contribution is 5.90. The molecule has 1 aromatic carbocycles. The SMILES string of the molecule is CC(c1ccccc1)n1ccc(NC(=O)CC2(O)CCCC2)n1. The molecule has 1 aliphatic rings. The molecule has 2 aromatic rings. The highest BCUT2D eigenvalue weighted by Crippen LogP contribution is 2.32. The van der Waals surface area contributed by atoms with Crippen LogP contribution in [0.2, 0.25) is 0 Å².